The minimum Gasteiger partial charge on any atom is -0.355 e. The molecule has 35 heavy (non-hydrogen) atoms. The highest BCUT2D eigenvalue weighted by Gasteiger charge is 2.35. The molecular formula is C23H17F3N6O3. The van der Waals surface area contributed by atoms with Crippen molar-refractivity contribution in [1.82, 2.24) is 19.5 Å². The van der Waals surface area contributed by atoms with Gasteiger partial charge >= 0.3 is 6.18 Å². The van der Waals surface area contributed by atoms with Crippen LogP contribution in [0.2, 0.25) is 0 Å². The molecule has 0 aliphatic heterocycles. The van der Waals surface area contributed by atoms with Crippen molar-refractivity contribution in [2.45, 2.75) is 12.7 Å². The molecule has 0 unspecified atom stereocenters. The van der Waals surface area contributed by atoms with Gasteiger partial charge in [0.25, 0.3) is 5.56 Å². The SMILES string of the molecule is Cn1ncc2cc(Nc3cccc4ccn(CC(=O)Nc5cc(C(F)(F)F)no5)c(=O)c34)ccc21. The zero-order valence-corrected chi connectivity index (χ0v) is 18.1. The van der Waals surface area contributed by atoms with Crippen molar-refractivity contribution in [3.63, 3.8) is 0 Å². The molecule has 9 nitrogen and oxygen atoms in total. The Morgan fingerprint density at radius 2 is 1.94 bits per heavy atom. The van der Waals surface area contributed by atoms with E-state index in [1.807, 2.05) is 25.2 Å². The van der Waals surface area contributed by atoms with Gasteiger partial charge in [0.1, 0.15) is 6.54 Å². The first kappa shape index (κ1) is 22.2. The summed E-state index contributed by atoms with van der Waals surface area (Å²) < 4.78 is 45.4. The Morgan fingerprint density at radius 3 is 2.71 bits per heavy atom. The highest BCUT2D eigenvalue weighted by molar-refractivity contribution is 5.96. The van der Waals surface area contributed by atoms with E-state index >= 15 is 0 Å². The maximum Gasteiger partial charge on any atom is 0.436 e. The lowest BCUT2D eigenvalue weighted by Gasteiger charge is -2.12. The summed E-state index contributed by atoms with van der Waals surface area (Å²) in [7, 11) is 1.84. The van der Waals surface area contributed by atoms with Crippen LogP contribution in [0.1, 0.15) is 5.69 Å². The first-order chi connectivity index (χ1) is 16.7. The molecule has 0 bridgehead atoms. The van der Waals surface area contributed by atoms with Crippen LogP contribution >= 0.6 is 0 Å². The standard InChI is InChI=1S/C23H17F3N6O3/c1-31-17-6-5-15(9-14(17)11-27-31)28-16-4-2-3-13-7-8-32(22(34)21(13)16)12-19(33)29-20-10-18(30-35-20)23(24,25)26/h2-11,28H,12H2,1H3,(H,29,33). The Labute approximate surface area is 194 Å². The zero-order valence-electron chi connectivity index (χ0n) is 18.1. The number of fused-ring (bicyclic) bond motifs is 2. The van der Waals surface area contributed by atoms with Crippen molar-refractivity contribution in [2.24, 2.45) is 7.05 Å². The number of aromatic nitrogens is 4. The monoisotopic (exact) mass is 482 g/mol. The van der Waals surface area contributed by atoms with Crippen molar-refractivity contribution in [3.8, 4) is 0 Å². The van der Waals surface area contributed by atoms with E-state index in [0.29, 0.717) is 22.5 Å². The Kier molecular flexibility index (Phi) is 5.27. The third kappa shape index (κ3) is 4.33. The van der Waals surface area contributed by atoms with Gasteiger partial charge in [0.15, 0.2) is 5.69 Å². The molecular weight excluding hydrogens is 465 g/mol. The maximum absolute atomic E-state index is 13.2. The van der Waals surface area contributed by atoms with E-state index in [9.17, 15) is 22.8 Å². The van der Waals surface area contributed by atoms with Crippen LogP contribution in [-0.4, -0.2) is 25.4 Å². The summed E-state index contributed by atoms with van der Waals surface area (Å²) >= 11 is 0. The number of aryl methyl sites for hydroxylation is 1. The van der Waals surface area contributed by atoms with E-state index in [4.69, 9.17) is 0 Å². The van der Waals surface area contributed by atoms with E-state index in [1.165, 1.54) is 6.20 Å². The van der Waals surface area contributed by atoms with Gasteiger partial charge in [-0.05, 0) is 35.7 Å². The summed E-state index contributed by atoms with van der Waals surface area (Å²) in [5, 5.41) is 14.5. The molecule has 3 heterocycles. The maximum atomic E-state index is 13.2. The van der Waals surface area contributed by atoms with E-state index in [1.54, 1.807) is 35.1 Å². The average Bonchev–Trinajstić information content (AvgIpc) is 3.42. The highest BCUT2D eigenvalue weighted by Crippen LogP contribution is 2.30. The van der Waals surface area contributed by atoms with Crippen LogP contribution in [-0.2, 0) is 24.6 Å². The Bertz CT molecular complexity index is 1630. The second-order valence-corrected chi connectivity index (χ2v) is 7.81. The summed E-state index contributed by atoms with van der Waals surface area (Å²) in [5.41, 5.74) is 0.524. The number of alkyl halides is 3. The number of hydrogen-bond donors (Lipinski definition) is 2. The Morgan fingerprint density at radius 1 is 1.11 bits per heavy atom. The lowest BCUT2D eigenvalue weighted by atomic mass is 10.1. The number of halogens is 3. The third-order valence-electron chi connectivity index (χ3n) is 5.41. The molecule has 0 fully saturated rings. The number of benzene rings is 2. The molecule has 178 valence electrons. The fourth-order valence-electron chi connectivity index (χ4n) is 3.75. The zero-order chi connectivity index (χ0) is 24.7. The summed E-state index contributed by atoms with van der Waals surface area (Å²) in [6.07, 6.45) is -1.52. The number of carbonyl (C=O) groups is 1. The third-order valence-corrected chi connectivity index (χ3v) is 5.41. The summed E-state index contributed by atoms with van der Waals surface area (Å²) in [5.74, 6) is -1.21. The number of nitrogens with one attached hydrogen (secondary N) is 2. The Hall–Kier alpha value is -4.61. The molecule has 0 radical (unpaired) electrons. The summed E-state index contributed by atoms with van der Waals surface area (Å²) in [6.45, 7) is -0.438. The fourth-order valence-corrected chi connectivity index (χ4v) is 3.75. The molecule has 0 saturated heterocycles. The predicted octanol–water partition coefficient (Wildman–Crippen LogP) is 4.28. The topological polar surface area (TPSA) is 107 Å². The number of carbonyl (C=O) groups excluding carboxylic acids is 1. The van der Waals surface area contributed by atoms with Gasteiger partial charge in [0.05, 0.1) is 22.8 Å². The van der Waals surface area contributed by atoms with E-state index in [0.717, 1.165) is 21.2 Å². The molecule has 1 amide bonds. The second-order valence-electron chi connectivity index (χ2n) is 7.81. The van der Waals surface area contributed by atoms with E-state index < -0.39 is 35.8 Å². The van der Waals surface area contributed by atoms with E-state index in [-0.39, 0.29) is 0 Å². The number of hydrogen-bond acceptors (Lipinski definition) is 6. The molecule has 5 aromatic rings. The minimum absolute atomic E-state index is 0.355. The number of amides is 1. The lowest BCUT2D eigenvalue weighted by Crippen LogP contribution is -2.27. The number of nitrogens with zero attached hydrogens (tertiary/aromatic N) is 4. The Balaban J connectivity index is 1.41. The van der Waals surface area contributed by atoms with Crippen LogP contribution in [0.4, 0.5) is 30.4 Å². The molecule has 2 aromatic carbocycles. The molecule has 0 spiro atoms. The van der Waals surface area contributed by atoms with Gasteiger partial charge in [-0.2, -0.15) is 18.3 Å². The van der Waals surface area contributed by atoms with Gasteiger partial charge in [-0.1, -0.05) is 17.3 Å². The summed E-state index contributed by atoms with van der Waals surface area (Å²) in [4.78, 5) is 25.6. The van der Waals surface area contributed by atoms with Gasteiger partial charge < -0.3 is 14.4 Å². The smallest absolute Gasteiger partial charge is 0.355 e. The van der Waals surface area contributed by atoms with Crippen molar-refractivity contribution in [1.29, 1.82) is 0 Å². The molecule has 2 N–H and O–H groups in total. The van der Waals surface area contributed by atoms with Crippen LogP contribution < -0.4 is 16.2 Å². The van der Waals surface area contributed by atoms with Gasteiger partial charge in [0.2, 0.25) is 11.8 Å². The summed E-state index contributed by atoms with van der Waals surface area (Å²) in [6, 6.07) is 13.2. The highest BCUT2D eigenvalue weighted by atomic mass is 19.4. The predicted molar refractivity (Wildman–Crippen MR) is 122 cm³/mol. The quantitative estimate of drug-likeness (QED) is 0.387. The molecule has 5 rings (SSSR count). The molecule has 0 aliphatic carbocycles. The first-order valence-corrected chi connectivity index (χ1v) is 10.3. The van der Waals surface area contributed by atoms with Crippen molar-refractivity contribution in [2.75, 3.05) is 10.6 Å². The average molecular weight is 482 g/mol. The van der Waals surface area contributed by atoms with Gasteiger partial charge in [-0.25, -0.2) is 0 Å². The first-order valence-electron chi connectivity index (χ1n) is 10.3. The normalized spacial score (nSPS) is 11.8. The minimum atomic E-state index is -4.70. The molecule has 12 heteroatoms. The lowest BCUT2D eigenvalue weighted by molar-refractivity contribution is -0.142. The molecule has 0 saturated carbocycles. The van der Waals surface area contributed by atoms with Gasteiger partial charge in [0, 0.05) is 30.4 Å². The van der Waals surface area contributed by atoms with Crippen LogP contribution in [0.25, 0.3) is 21.7 Å². The van der Waals surface area contributed by atoms with Crippen molar-refractivity contribution < 1.29 is 22.5 Å². The van der Waals surface area contributed by atoms with Crippen molar-refractivity contribution in [3.05, 3.63) is 77.0 Å². The van der Waals surface area contributed by atoms with Crippen LogP contribution in [0.15, 0.2) is 70.2 Å². The number of pyridine rings is 1. The van der Waals surface area contributed by atoms with E-state index in [2.05, 4.69) is 25.4 Å². The van der Waals surface area contributed by atoms with Crippen molar-refractivity contribution >= 4 is 44.8 Å². The van der Waals surface area contributed by atoms with Gasteiger partial charge in [-0.15, -0.1) is 0 Å². The van der Waals surface area contributed by atoms with Gasteiger partial charge in [-0.3, -0.25) is 19.6 Å². The molecule has 0 aliphatic rings. The fraction of sp³-hybridized carbons (Fsp3) is 0.130. The number of anilines is 3. The largest absolute Gasteiger partial charge is 0.436 e. The number of rotatable bonds is 5. The molecule has 0 atom stereocenters. The van der Waals surface area contributed by atoms with Crippen LogP contribution in [0.3, 0.4) is 0 Å². The molecule has 3 aromatic heterocycles. The van der Waals surface area contributed by atoms with Crippen LogP contribution in [0.5, 0.6) is 0 Å². The second kappa shape index (κ2) is 8.31. The van der Waals surface area contributed by atoms with Crippen LogP contribution in [0, 0.1) is 0 Å².